The minimum atomic E-state index is -0.205. The fourth-order valence-electron chi connectivity index (χ4n) is 13.5. The van der Waals surface area contributed by atoms with Crippen LogP contribution in [0.4, 0.5) is 34.1 Å². The van der Waals surface area contributed by atoms with Gasteiger partial charge in [-0.3, -0.25) is 0 Å². The monoisotopic (exact) mass is 1010 g/mol. The summed E-state index contributed by atoms with van der Waals surface area (Å²) >= 11 is 0. The number of anilines is 6. The Labute approximate surface area is 462 Å². The molecule has 2 aliphatic carbocycles. The Bertz CT molecular complexity index is 4420. The van der Waals surface area contributed by atoms with E-state index >= 15 is 0 Å². The van der Waals surface area contributed by atoms with Crippen LogP contribution in [0, 0.1) is 0 Å². The largest absolute Gasteiger partial charge is 0.310 e. The normalized spacial score (nSPS) is 13.5. The number of hydrogen-bond acceptors (Lipinski definition) is 2. The molecule has 3 nitrogen and oxygen atoms in total. The summed E-state index contributed by atoms with van der Waals surface area (Å²) < 4.78 is 2.46. The van der Waals surface area contributed by atoms with Gasteiger partial charge in [0, 0.05) is 61.4 Å². The predicted molar refractivity (Wildman–Crippen MR) is 334 cm³/mol. The first-order chi connectivity index (χ1) is 38.7. The van der Waals surface area contributed by atoms with E-state index in [9.17, 15) is 0 Å². The van der Waals surface area contributed by atoms with E-state index in [0.29, 0.717) is 0 Å². The minimum Gasteiger partial charge on any atom is -0.310 e. The van der Waals surface area contributed by atoms with Gasteiger partial charge in [0.15, 0.2) is 0 Å². The van der Waals surface area contributed by atoms with E-state index in [4.69, 9.17) is 0 Å². The van der Waals surface area contributed by atoms with E-state index < -0.39 is 0 Å². The van der Waals surface area contributed by atoms with Crippen LogP contribution in [-0.2, 0) is 10.8 Å². The number of benzene rings is 12. The zero-order valence-electron chi connectivity index (χ0n) is 44.8. The average molecular weight is 1010 g/mol. The van der Waals surface area contributed by atoms with Gasteiger partial charge in [0.05, 0.1) is 11.0 Å². The van der Waals surface area contributed by atoms with Crippen LogP contribution in [0.1, 0.15) is 49.9 Å². The fourth-order valence-corrected chi connectivity index (χ4v) is 13.5. The number of fused-ring (bicyclic) bond motifs is 11. The van der Waals surface area contributed by atoms with Crippen LogP contribution in [0.3, 0.4) is 0 Å². The second-order valence-corrected chi connectivity index (χ2v) is 22.5. The molecule has 13 aromatic rings. The van der Waals surface area contributed by atoms with Crippen LogP contribution in [0.25, 0.3) is 82.8 Å². The first-order valence-electron chi connectivity index (χ1n) is 27.7. The second-order valence-electron chi connectivity index (χ2n) is 22.5. The van der Waals surface area contributed by atoms with E-state index in [-0.39, 0.29) is 10.8 Å². The molecule has 0 radical (unpaired) electrons. The van der Waals surface area contributed by atoms with E-state index in [1.54, 1.807) is 0 Å². The predicted octanol–water partition coefficient (Wildman–Crippen LogP) is 20.8. The van der Waals surface area contributed by atoms with Crippen LogP contribution in [-0.4, -0.2) is 4.57 Å². The Kier molecular flexibility index (Phi) is 10.6. The topological polar surface area (TPSA) is 11.4 Å². The van der Waals surface area contributed by atoms with Crippen molar-refractivity contribution in [2.45, 2.75) is 38.5 Å². The lowest BCUT2D eigenvalue weighted by Crippen LogP contribution is -2.18. The highest BCUT2D eigenvalue weighted by molar-refractivity contribution is 6.24. The number of para-hydroxylation sites is 3. The van der Waals surface area contributed by atoms with Gasteiger partial charge >= 0.3 is 0 Å². The number of rotatable bonds is 9. The smallest absolute Gasteiger partial charge is 0.0553 e. The lowest BCUT2D eigenvalue weighted by molar-refractivity contribution is 0.660. The maximum Gasteiger partial charge on any atom is 0.0553 e. The molecule has 0 saturated heterocycles. The quantitative estimate of drug-likeness (QED) is 0.143. The molecule has 0 bridgehead atoms. The molecular weight excluding hydrogens is 955 g/mol. The summed E-state index contributed by atoms with van der Waals surface area (Å²) in [5.74, 6) is 0. The summed E-state index contributed by atoms with van der Waals surface area (Å²) in [6, 6.07) is 101. The van der Waals surface area contributed by atoms with Crippen molar-refractivity contribution in [1.82, 2.24) is 4.57 Å². The maximum atomic E-state index is 2.54. The van der Waals surface area contributed by atoms with Gasteiger partial charge in [0.25, 0.3) is 0 Å². The third-order valence-electron chi connectivity index (χ3n) is 17.3. The molecule has 0 saturated carbocycles. The van der Waals surface area contributed by atoms with Gasteiger partial charge in [-0.05, 0) is 169 Å². The van der Waals surface area contributed by atoms with Gasteiger partial charge in [0.1, 0.15) is 0 Å². The highest BCUT2D eigenvalue weighted by Gasteiger charge is 2.38. The first-order valence-corrected chi connectivity index (χ1v) is 27.7. The van der Waals surface area contributed by atoms with Gasteiger partial charge < -0.3 is 14.4 Å². The van der Waals surface area contributed by atoms with Gasteiger partial charge in [0.2, 0.25) is 0 Å². The van der Waals surface area contributed by atoms with Crippen molar-refractivity contribution in [3.05, 3.63) is 295 Å². The zero-order chi connectivity index (χ0) is 53.0. The Hall–Kier alpha value is -9.70. The Morgan fingerprint density at radius 3 is 1.32 bits per heavy atom. The van der Waals surface area contributed by atoms with Crippen molar-refractivity contribution in [1.29, 1.82) is 0 Å². The second kappa shape index (κ2) is 17.9. The molecule has 0 unspecified atom stereocenters. The van der Waals surface area contributed by atoms with E-state index in [1.165, 1.54) is 88.2 Å². The summed E-state index contributed by atoms with van der Waals surface area (Å²) in [6.45, 7) is 9.54. The molecule has 0 spiro atoms. The fraction of sp³-hybridized carbons (Fsp3) is 0.0789. The minimum absolute atomic E-state index is 0.205. The van der Waals surface area contributed by atoms with Crippen molar-refractivity contribution in [3.63, 3.8) is 0 Å². The SMILES string of the molecule is CC1(C)c2ccccc2-c2ccc(N(c3cc(-c4cc5c(c6ccccc46)c4ccccc4n5-c4ccccc4)cc(N(c4ccccc4)c4ccc(-c5ccccc5)cc4)c3)c3ccc4c(c3)C(C)(C)c3ccccc3-4)cc21. The molecule has 2 aliphatic rings. The maximum absolute atomic E-state index is 2.54. The van der Waals surface area contributed by atoms with Crippen molar-refractivity contribution in [2.24, 2.45) is 0 Å². The first kappa shape index (κ1) is 46.6. The standard InChI is InChI=1S/C76H57N3/c1-75(2)68-33-19-16-29-61(68)63-42-40-56(47-70(63)75)78(57-41-43-64-62-30-17-20-34-69(62)76(3,4)71(64)48-57)59-45-52(44-58(46-59)77(53-24-10-6-11-25-53)55-38-36-51(37-39-55)50-22-8-5-9-23-50)67-49-73-74(65-31-15-14-28-60(65)67)66-32-18-21-35-72(66)79(73)54-26-12-7-13-27-54/h5-49H,1-4H3. The van der Waals surface area contributed by atoms with E-state index in [2.05, 4.69) is 315 Å². The number of hydrogen-bond donors (Lipinski definition) is 0. The average Bonchev–Trinajstić information content (AvgIpc) is 4.22. The van der Waals surface area contributed by atoms with E-state index in [0.717, 1.165) is 50.9 Å². The van der Waals surface area contributed by atoms with E-state index in [1.807, 2.05) is 0 Å². The van der Waals surface area contributed by atoms with Crippen molar-refractivity contribution in [2.75, 3.05) is 9.80 Å². The molecule has 0 atom stereocenters. The van der Waals surface area contributed by atoms with Crippen LogP contribution >= 0.6 is 0 Å². The number of nitrogens with zero attached hydrogens (tertiary/aromatic N) is 3. The third-order valence-corrected chi connectivity index (χ3v) is 17.3. The van der Waals surface area contributed by atoms with Crippen LogP contribution < -0.4 is 9.80 Å². The summed E-state index contributed by atoms with van der Waals surface area (Å²) in [4.78, 5) is 4.97. The molecule has 12 aromatic carbocycles. The highest BCUT2D eigenvalue weighted by atomic mass is 15.2. The van der Waals surface area contributed by atoms with Crippen molar-refractivity contribution in [3.8, 4) is 50.2 Å². The number of aromatic nitrogens is 1. The van der Waals surface area contributed by atoms with Crippen LogP contribution in [0.5, 0.6) is 0 Å². The molecular formula is C76H57N3. The lowest BCUT2D eigenvalue weighted by Gasteiger charge is -2.32. The molecule has 15 rings (SSSR count). The van der Waals surface area contributed by atoms with Gasteiger partial charge in [-0.1, -0.05) is 210 Å². The zero-order valence-corrected chi connectivity index (χ0v) is 44.8. The van der Waals surface area contributed by atoms with Crippen molar-refractivity contribution < 1.29 is 0 Å². The molecule has 1 aromatic heterocycles. The Morgan fingerprint density at radius 2 is 0.709 bits per heavy atom. The van der Waals surface area contributed by atoms with Gasteiger partial charge in [-0.2, -0.15) is 0 Å². The molecule has 0 amide bonds. The molecule has 1 heterocycles. The summed E-state index contributed by atoms with van der Waals surface area (Å²) in [6.07, 6.45) is 0. The molecule has 0 aliphatic heterocycles. The third kappa shape index (κ3) is 7.34. The molecule has 0 N–H and O–H groups in total. The van der Waals surface area contributed by atoms with Crippen LogP contribution in [0.2, 0.25) is 0 Å². The summed E-state index contributed by atoms with van der Waals surface area (Å²) in [5, 5.41) is 4.92. The molecule has 376 valence electrons. The van der Waals surface area contributed by atoms with Gasteiger partial charge in [-0.15, -0.1) is 0 Å². The molecule has 0 fully saturated rings. The van der Waals surface area contributed by atoms with Gasteiger partial charge in [-0.25, -0.2) is 0 Å². The van der Waals surface area contributed by atoms with Crippen molar-refractivity contribution >= 4 is 66.7 Å². The molecule has 3 heteroatoms. The Morgan fingerprint density at radius 1 is 0.266 bits per heavy atom. The summed E-state index contributed by atoms with van der Waals surface area (Å²) in [7, 11) is 0. The summed E-state index contributed by atoms with van der Waals surface area (Å²) in [5.41, 5.74) is 24.8. The lowest BCUT2D eigenvalue weighted by atomic mass is 9.82. The van der Waals surface area contributed by atoms with Crippen LogP contribution in [0.15, 0.2) is 273 Å². The highest BCUT2D eigenvalue weighted by Crippen LogP contribution is 2.54. The Balaban J connectivity index is 1.03. The molecule has 79 heavy (non-hydrogen) atoms.